The molecule has 5 rings (SSSR count). The van der Waals surface area contributed by atoms with Gasteiger partial charge in [-0.05, 0) is 44.2 Å². The lowest BCUT2D eigenvalue weighted by Crippen LogP contribution is -2.52. The van der Waals surface area contributed by atoms with E-state index in [1.54, 1.807) is 45.3 Å². The summed E-state index contributed by atoms with van der Waals surface area (Å²) in [5.74, 6) is 1.20. The standard InChI is InChI=1S/C29H41N9O3S/c1-5-36(3)42(39,40)27-9-7-6-8-25(27)33-29-31-21-30-28(34-29)32-24-11-10-23(20-26(24)41-4)37-14-12-22(13-15-37)38-18-16-35(2)17-19-38/h6-11,20-22H,5,12-19H2,1-4H3,(H2,30,31,32,33,34). The van der Waals surface area contributed by atoms with E-state index in [1.807, 2.05) is 12.1 Å². The van der Waals surface area contributed by atoms with E-state index in [0.717, 1.165) is 63.5 Å². The van der Waals surface area contributed by atoms with Crippen LogP contribution in [0.5, 0.6) is 5.75 Å². The molecule has 0 atom stereocenters. The van der Waals surface area contributed by atoms with Crippen LogP contribution >= 0.6 is 0 Å². The van der Waals surface area contributed by atoms with E-state index >= 15 is 0 Å². The highest BCUT2D eigenvalue weighted by atomic mass is 32.2. The molecule has 12 nitrogen and oxygen atoms in total. The van der Waals surface area contributed by atoms with Crippen molar-refractivity contribution in [1.29, 1.82) is 0 Å². The lowest BCUT2D eigenvalue weighted by molar-refractivity contribution is 0.0982. The SMILES string of the molecule is CCN(C)S(=O)(=O)c1ccccc1Nc1ncnc(Nc2ccc(N3CCC(N4CCN(C)CC4)CC3)cc2OC)n1. The Balaban J connectivity index is 1.26. The van der Waals surface area contributed by atoms with Crippen LogP contribution in [0.1, 0.15) is 19.8 Å². The number of hydrogen-bond acceptors (Lipinski definition) is 11. The monoisotopic (exact) mass is 595 g/mol. The first kappa shape index (κ1) is 30.0. The quantitative estimate of drug-likeness (QED) is 0.360. The number of sulfonamides is 1. The van der Waals surface area contributed by atoms with Gasteiger partial charge in [0.2, 0.25) is 21.9 Å². The maximum atomic E-state index is 13.0. The first-order chi connectivity index (χ1) is 20.3. The van der Waals surface area contributed by atoms with E-state index < -0.39 is 10.0 Å². The number of para-hydroxylation sites is 1. The molecule has 226 valence electrons. The first-order valence-electron chi connectivity index (χ1n) is 14.4. The molecule has 2 N–H and O–H groups in total. The number of piperazine rings is 1. The zero-order chi connectivity index (χ0) is 29.7. The number of benzene rings is 2. The van der Waals surface area contributed by atoms with Crippen molar-refractivity contribution in [2.24, 2.45) is 0 Å². The Morgan fingerprint density at radius 3 is 2.29 bits per heavy atom. The molecule has 3 heterocycles. The Kier molecular flexibility index (Phi) is 9.41. The summed E-state index contributed by atoms with van der Waals surface area (Å²) in [6.45, 7) is 8.78. The number of aromatic nitrogens is 3. The maximum absolute atomic E-state index is 13.0. The van der Waals surface area contributed by atoms with Crippen molar-refractivity contribution < 1.29 is 13.2 Å². The summed E-state index contributed by atoms with van der Waals surface area (Å²) in [6, 6.07) is 13.5. The van der Waals surface area contributed by atoms with Gasteiger partial charge in [-0.2, -0.15) is 4.98 Å². The molecule has 42 heavy (non-hydrogen) atoms. The number of nitrogens with one attached hydrogen (secondary N) is 2. The average Bonchev–Trinajstić information content (AvgIpc) is 3.01. The van der Waals surface area contributed by atoms with E-state index in [0.29, 0.717) is 30.0 Å². The van der Waals surface area contributed by atoms with E-state index in [9.17, 15) is 8.42 Å². The van der Waals surface area contributed by atoms with Gasteiger partial charge in [0.05, 0.1) is 18.5 Å². The summed E-state index contributed by atoms with van der Waals surface area (Å²) < 4.78 is 33.0. The second kappa shape index (κ2) is 13.2. The minimum Gasteiger partial charge on any atom is -0.494 e. The van der Waals surface area contributed by atoms with Gasteiger partial charge >= 0.3 is 0 Å². The normalized spacial score (nSPS) is 17.4. The maximum Gasteiger partial charge on any atom is 0.244 e. The Hall–Kier alpha value is -3.52. The zero-order valence-corrected chi connectivity index (χ0v) is 25.6. The van der Waals surface area contributed by atoms with Gasteiger partial charge in [0, 0.05) is 70.7 Å². The smallest absolute Gasteiger partial charge is 0.244 e. The van der Waals surface area contributed by atoms with Crippen molar-refractivity contribution in [2.45, 2.75) is 30.7 Å². The topological polar surface area (TPSA) is 119 Å². The van der Waals surface area contributed by atoms with Crippen molar-refractivity contribution in [2.75, 3.05) is 82.6 Å². The fourth-order valence-electron chi connectivity index (χ4n) is 5.45. The van der Waals surface area contributed by atoms with Crippen LogP contribution in [0.4, 0.5) is 29.0 Å². The van der Waals surface area contributed by atoms with Gasteiger partial charge in [0.1, 0.15) is 17.0 Å². The molecule has 1 aromatic heterocycles. The largest absolute Gasteiger partial charge is 0.494 e. The van der Waals surface area contributed by atoms with Crippen molar-refractivity contribution in [3.8, 4) is 5.75 Å². The van der Waals surface area contributed by atoms with Crippen LogP contribution in [0.2, 0.25) is 0 Å². The summed E-state index contributed by atoms with van der Waals surface area (Å²) in [5.41, 5.74) is 2.23. The van der Waals surface area contributed by atoms with Gasteiger partial charge in [0.25, 0.3) is 0 Å². The van der Waals surface area contributed by atoms with Gasteiger partial charge in [0.15, 0.2) is 0 Å². The van der Waals surface area contributed by atoms with E-state index in [4.69, 9.17) is 4.74 Å². The molecule has 0 spiro atoms. The Labute approximate surface area is 248 Å². The zero-order valence-electron chi connectivity index (χ0n) is 24.8. The van der Waals surface area contributed by atoms with Gasteiger partial charge in [-0.1, -0.05) is 19.1 Å². The molecule has 0 unspecified atom stereocenters. The Morgan fingerprint density at radius 2 is 1.62 bits per heavy atom. The molecule has 0 bridgehead atoms. The molecule has 0 radical (unpaired) electrons. The number of likely N-dealkylation sites (N-methyl/N-ethyl adjacent to an activating group) is 1. The van der Waals surface area contributed by atoms with Crippen LogP contribution < -0.4 is 20.3 Å². The van der Waals surface area contributed by atoms with Crippen molar-refractivity contribution in [3.05, 3.63) is 48.8 Å². The number of anilines is 5. The summed E-state index contributed by atoms with van der Waals surface area (Å²) in [5, 5.41) is 6.26. The van der Waals surface area contributed by atoms with Gasteiger partial charge < -0.3 is 25.2 Å². The molecule has 2 fully saturated rings. The highest BCUT2D eigenvalue weighted by molar-refractivity contribution is 7.89. The van der Waals surface area contributed by atoms with Gasteiger partial charge in [-0.3, -0.25) is 4.90 Å². The molecule has 3 aromatic rings. The van der Waals surface area contributed by atoms with Crippen LogP contribution in [-0.2, 0) is 10.0 Å². The summed E-state index contributed by atoms with van der Waals surface area (Å²) in [4.78, 5) is 20.6. The highest BCUT2D eigenvalue weighted by Crippen LogP contribution is 2.33. The highest BCUT2D eigenvalue weighted by Gasteiger charge is 2.27. The lowest BCUT2D eigenvalue weighted by atomic mass is 10.0. The second-order valence-corrected chi connectivity index (χ2v) is 12.8. The van der Waals surface area contributed by atoms with Gasteiger partial charge in [-0.15, -0.1) is 0 Å². The minimum atomic E-state index is -3.67. The van der Waals surface area contributed by atoms with Crippen molar-refractivity contribution >= 4 is 39.0 Å². The van der Waals surface area contributed by atoms with Crippen LogP contribution in [0, 0.1) is 0 Å². The predicted octanol–water partition coefficient (Wildman–Crippen LogP) is 3.22. The average molecular weight is 596 g/mol. The third kappa shape index (κ3) is 6.75. The lowest BCUT2D eigenvalue weighted by Gasteiger charge is -2.42. The second-order valence-electron chi connectivity index (χ2n) is 10.7. The number of hydrogen-bond donors (Lipinski definition) is 2. The van der Waals surface area contributed by atoms with E-state index in [1.165, 1.54) is 10.6 Å². The summed E-state index contributed by atoms with van der Waals surface area (Å²) >= 11 is 0. The summed E-state index contributed by atoms with van der Waals surface area (Å²) in [6.07, 6.45) is 3.69. The summed E-state index contributed by atoms with van der Waals surface area (Å²) in [7, 11) is 1.72. The minimum absolute atomic E-state index is 0.147. The molecule has 2 aliphatic rings. The number of methoxy groups -OCH3 is 1. The molecule has 2 aliphatic heterocycles. The van der Waals surface area contributed by atoms with Crippen LogP contribution in [0.25, 0.3) is 0 Å². The predicted molar refractivity (Wildman–Crippen MR) is 166 cm³/mol. The molecule has 0 saturated carbocycles. The van der Waals surface area contributed by atoms with Crippen LogP contribution in [0.15, 0.2) is 53.7 Å². The van der Waals surface area contributed by atoms with Crippen molar-refractivity contribution in [3.63, 3.8) is 0 Å². The number of rotatable bonds is 10. The number of nitrogens with zero attached hydrogens (tertiary/aromatic N) is 7. The Morgan fingerprint density at radius 1 is 0.952 bits per heavy atom. The molecule has 0 amide bonds. The molecule has 0 aliphatic carbocycles. The Bertz CT molecular complexity index is 1460. The molecular formula is C29H41N9O3S. The van der Waals surface area contributed by atoms with Crippen molar-refractivity contribution in [1.82, 2.24) is 29.1 Å². The van der Waals surface area contributed by atoms with E-state index in [-0.39, 0.29) is 10.8 Å². The molecule has 2 saturated heterocycles. The molecular weight excluding hydrogens is 554 g/mol. The third-order valence-corrected chi connectivity index (χ3v) is 10.1. The molecule has 13 heteroatoms. The third-order valence-electron chi connectivity index (χ3n) is 8.15. The van der Waals surface area contributed by atoms with Gasteiger partial charge in [-0.25, -0.2) is 22.7 Å². The fourth-order valence-corrected chi connectivity index (χ4v) is 6.77. The van der Waals surface area contributed by atoms with Crippen LogP contribution in [-0.4, -0.2) is 111 Å². The number of piperidine rings is 1. The number of ether oxygens (including phenoxy) is 1. The fraction of sp³-hybridized carbons (Fsp3) is 0.483. The van der Waals surface area contributed by atoms with E-state index in [2.05, 4.69) is 53.4 Å². The first-order valence-corrected chi connectivity index (χ1v) is 15.9. The van der Waals surface area contributed by atoms with Crippen LogP contribution in [0.3, 0.4) is 0 Å². The molecule has 2 aromatic carbocycles.